The maximum atomic E-state index is 12.6. The van der Waals surface area contributed by atoms with Crippen LogP contribution in [0.1, 0.15) is 11.3 Å². The summed E-state index contributed by atoms with van der Waals surface area (Å²) in [5.41, 5.74) is 2.55. The van der Waals surface area contributed by atoms with Crippen molar-refractivity contribution < 1.29 is 0 Å². The Bertz CT molecular complexity index is 926. The first-order valence-corrected chi connectivity index (χ1v) is 8.38. The molecular formula is C17H13ClIN3O. The predicted molar refractivity (Wildman–Crippen MR) is 103 cm³/mol. The van der Waals surface area contributed by atoms with Gasteiger partial charge in [0.25, 0.3) is 5.56 Å². The van der Waals surface area contributed by atoms with Gasteiger partial charge in [0.15, 0.2) is 0 Å². The van der Waals surface area contributed by atoms with Gasteiger partial charge in [-0.1, -0.05) is 23.7 Å². The molecule has 0 spiro atoms. The van der Waals surface area contributed by atoms with E-state index in [1.165, 1.54) is 4.68 Å². The molecule has 3 aromatic rings. The third-order valence-electron chi connectivity index (χ3n) is 3.39. The molecule has 0 bridgehead atoms. The molecule has 0 saturated carbocycles. The van der Waals surface area contributed by atoms with Crippen molar-refractivity contribution in [2.24, 2.45) is 4.99 Å². The lowest BCUT2D eigenvalue weighted by atomic mass is 10.2. The predicted octanol–water partition coefficient (Wildman–Crippen LogP) is 4.48. The van der Waals surface area contributed by atoms with E-state index >= 15 is 0 Å². The minimum Gasteiger partial charge on any atom is -0.295 e. The van der Waals surface area contributed by atoms with Gasteiger partial charge in [-0.25, -0.2) is 4.68 Å². The van der Waals surface area contributed by atoms with E-state index in [2.05, 4.69) is 32.7 Å². The van der Waals surface area contributed by atoms with Crippen LogP contribution in [-0.4, -0.2) is 16.0 Å². The van der Waals surface area contributed by atoms with E-state index in [9.17, 15) is 4.79 Å². The lowest BCUT2D eigenvalue weighted by molar-refractivity contribution is 0.835. The van der Waals surface area contributed by atoms with Crippen molar-refractivity contribution in [1.29, 1.82) is 0 Å². The molecule has 0 aliphatic rings. The van der Waals surface area contributed by atoms with Crippen LogP contribution in [0.25, 0.3) is 5.69 Å². The van der Waals surface area contributed by atoms with Crippen molar-refractivity contribution in [1.82, 2.24) is 9.78 Å². The van der Waals surface area contributed by atoms with E-state index in [1.54, 1.807) is 18.3 Å². The van der Waals surface area contributed by atoms with Crippen LogP contribution in [0.4, 0.5) is 5.69 Å². The van der Waals surface area contributed by atoms with E-state index in [0.717, 1.165) is 15.0 Å². The van der Waals surface area contributed by atoms with Crippen LogP contribution in [0, 0.1) is 10.5 Å². The summed E-state index contributed by atoms with van der Waals surface area (Å²) in [7, 11) is 0. The molecule has 0 radical (unpaired) electrons. The molecule has 4 nitrogen and oxygen atoms in total. The number of halogens is 2. The number of aromatic amines is 1. The smallest absolute Gasteiger partial charge is 0.280 e. The minimum absolute atomic E-state index is 0.139. The molecule has 0 aliphatic heterocycles. The molecule has 0 atom stereocenters. The summed E-state index contributed by atoms with van der Waals surface area (Å²) >= 11 is 8.31. The van der Waals surface area contributed by atoms with Gasteiger partial charge in [0.1, 0.15) is 0 Å². The zero-order valence-electron chi connectivity index (χ0n) is 12.3. The fraction of sp³-hybridized carbons (Fsp3) is 0.0588. The number of rotatable bonds is 3. The maximum Gasteiger partial charge on any atom is 0.280 e. The molecule has 1 heterocycles. The largest absolute Gasteiger partial charge is 0.295 e. The van der Waals surface area contributed by atoms with Crippen LogP contribution in [-0.2, 0) is 0 Å². The molecule has 23 heavy (non-hydrogen) atoms. The number of nitrogens with zero attached hydrogens (tertiary/aromatic N) is 2. The number of hydrogen-bond acceptors (Lipinski definition) is 2. The Hall–Kier alpha value is -1.86. The average Bonchev–Trinajstić information content (AvgIpc) is 2.82. The molecule has 3 rings (SSSR count). The number of aryl methyl sites for hydroxylation is 1. The third-order valence-corrected chi connectivity index (χ3v) is 4.43. The highest BCUT2D eigenvalue weighted by atomic mass is 127. The lowest BCUT2D eigenvalue weighted by Gasteiger charge is -2.00. The first-order chi connectivity index (χ1) is 11.1. The monoisotopic (exact) mass is 437 g/mol. The second-order valence-electron chi connectivity index (χ2n) is 4.98. The number of aliphatic imine (C=N–C) groups is 1. The summed E-state index contributed by atoms with van der Waals surface area (Å²) in [6.07, 6.45) is 1.55. The van der Waals surface area contributed by atoms with Gasteiger partial charge in [-0.05, 0) is 65.9 Å². The van der Waals surface area contributed by atoms with Crippen molar-refractivity contribution in [3.8, 4) is 5.69 Å². The van der Waals surface area contributed by atoms with Gasteiger partial charge in [-0.2, -0.15) is 0 Å². The summed E-state index contributed by atoms with van der Waals surface area (Å²) in [6.45, 7) is 1.85. The second kappa shape index (κ2) is 6.72. The van der Waals surface area contributed by atoms with Crippen LogP contribution in [0.15, 0.2) is 58.3 Å². The van der Waals surface area contributed by atoms with E-state index in [4.69, 9.17) is 11.6 Å². The van der Waals surface area contributed by atoms with Crippen molar-refractivity contribution in [3.63, 3.8) is 0 Å². The standard InChI is InChI=1S/C17H13ClIN3O/c1-11-14(10-20-16-5-3-2-4-15(16)18)17(23)22(21-11)13-8-6-12(19)7-9-13/h2-10,21H,1H3. The second-order valence-corrected chi connectivity index (χ2v) is 6.63. The highest BCUT2D eigenvalue weighted by Gasteiger charge is 2.10. The quantitative estimate of drug-likeness (QED) is 0.477. The van der Waals surface area contributed by atoms with Gasteiger partial charge < -0.3 is 0 Å². The average molecular weight is 438 g/mol. The Balaban J connectivity index is 2.00. The van der Waals surface area contributed by atoms with Gasteiger partial charge in [0, 0.05) is 15.5 Å². The topological polar surface area (TPSA) is 50.1 Å². The summed E-state index contributed by atoms with van der Waals surface area (Å²) in [4.78, 5) is 16.9. The molecule has 0 saturated heterocycles. The molecule has 6 heteroatoms. The van der Waals surface area contributed by atoms with Gasteiger partial charge in [-0.15, -0.1) is 0 Å². The van der Waals surface area contributed by atoms with E-state index in [0.29, 0.717) is 16.3 Å². The number of benzene rings is 2. The summed E-state index contributed by atoms with van der Waals surface area (Å²) < 4.78 is 2.63. The van der Waals surface area contributed by atoms with Crippen molar-refractivity contribution in [2.75, 3.05) is 0 Å². The maximum absolute atomic E-state index is 12.6. The van der Waals surface area contributed by atoms with E-state index < -0.39 is 0 Å². The van der Waals surface area contributed by atoms with Crippen LogP contribution in [0.3, 0.4) is 0 Å². The van der Waals surface area contributed by atoms with E-state index in [1.807, 2.05) is 43.3 Å². The number of H-pyrrole nitrogens is 1. The molecule has 1 N–H and O–H groups in total. The first kappa shape index (κ1) is 16.0. The number of hydrogen-bond donors (Lipinski definition) is 1. The van der Waals surface area contributed by atoms with Crippen molar-refractivity contribution in [3.05, 3.63) is 78.7 Å². The summed E-state index contributed by atoms with van der Waals surface area (Å²) in [5, 5.41) is 3.63. The number of aromatic nitrogens is 2. The molecule has 116 valence electrons. The molecule has 0 amide bonds. The van der Waals surface area contributed by atoms with Gasteiger partial charge in [-0.3, -0.25) is 14.9 Å². The highest BCUT2D eigenvalue weighted by Crippen LogP contribution is 2.23. The summed E-state index contributed by atoms with van der Waals surface area (Å²) in [6, 6.07) is 15.0. The van der Waals surface area contributed by atoms with Crippen molar-refractivity contribution in [2.45, 2.75) is 6.92 Å². The Labute approximate surface area is 152 Å². The molecule has 0 unspecified atom stereocenters. The zero-order valence-corrected chi connectivity index (χ0v) is 15.2. The van der Waals surface area contributed by atoms with Crippen molar-refractivity contribution >= 4 is 46.1 Å². The van der Waals surface area contributed by atoms with Gasteiger partial charge in [0.2, 0.25) is 0 Å². The molecule has 0 fully saturated rings. The Kier molecular flexibility index (Phi) is 4.68. The SMILES string of the molecule is Cc1[nH]n(-c2ccc(I)cc2)c(=O)c1C=Nc1ccccc1Cl. The normalized spacial score (nSPS) is 11.3. The Morgan fingerprint density at radius 3 is 2.57 bits per heavy atom. The molecule has 2 aromatic carbocycles. The molecular weight excluding hydrogens is 425 g/mol. The van der Waals surface area contributed by atoms with E-state index in [-0.39, 0.29) is 5.56 Å². The van der Waals surface area contributed by atoms with Crippen LogP contribution >= 0.6 is 34.2 Å². The van der Waals surface area contributed by atoms with Crippen LogP contribution in [0.5, 0.6) is 0 Å². The lowest BCUT2D eigenvalue weighted by Crippen LogP contribution is -2.17. The van der Waals surface area contributed by atoms with Crippen LogP contribution < -0.4 is 5.56 Å². The molecule has 1 aromatic heterocycles. The fourth-order valence-electron chi connectivity index (χ4n) is 2.17. The van der Waals surface area contributed by atoms with Crippen LogP contribution in [0.2, 0.25) is 5.02 Å². The summed E-state index contributed by atoms with van der Waals surface area (Å²) in [5.74, 6) is 0. The first-order valence-electron chi connectivity index (χ1n) is 6.92. The number of para-hydroxylation sites is 1. The third kappa shape index (κ3) is 3.40. The highest BCUT2D eigenvalue weighted by molar-refractivity contribution is 14.1. The van der Waals surface area contributed by atoms with Gasteiger partial charge >= 0.3 is 0 Å². The zero-order chi connectivity index (χ0) is 16.4. The number of nitrogens with one attached hydrogen (secondary N) is 1. The fourth-order valence-corrected chi connectivity index (χ4v) is 2.72. The minimum atomic E-state index is -0.139. The molecule has 0 aliphatic carbocycles. The van der Waals surface area contributed by atoms with Gasteiger partial charge in [0.05, 0.1) is 22.0 Å². The Morgan fingerprint density at radius 2 is 1.87 bits per heavy atom. The Morgan fingerprint density at radius 1 is 1.17 bits per heavy atom.